The van der Waals surface area contributed by atoms with E-state index in [1.807, 2.05) is 39.2 Å². The predicted octanol–water partition coefficient (Wildman–Crippen LogP) is 2.57. The van der Waals surface area contributed by atoms with Gasteiger partial charge in [-0.1, -0.05) is 13.0 Å². The third-order valence-corrected chi connectivity index (χ3v) is 2.84. The highest BCUT2D eigenvalue weighted by atomic mass is 19.1. The van der Waals surface area contributed by atoms with Crippen molar-refractivity contribution in [3.8, 4) is 0 Å². The van der Waals surface area contributed by atoms with Gasteiger partial charge in [0.15, 0.2) is 0 Å². The van der Waals surface area contributed by atoms with Crippen LogP contribution in [-0.4, -0.2) is 16.3 Å². The normalized spacial score (nSPS) is 12.7. The maximum Gasteiger partial charge on any atom is 0.123 e. The summed E-state index contributed by atoms with van der Waals surface area (Å²) in [5.41, 5.74) is 2.74. The summed E-state index contributed by atoms with van der Waals surface area (Å²) in [5.74, 6) is -0.205. The van der Waals surface area contributed by atoms with Crippen LogP contribution in [0.5, 0.6) is 0 Å². The number of benzene rings is 1. The van der Waals surface area contributed by atoms with Gasteiger partial charge in [0.25, 0.3) is 0 Å². The topological polar surface area (TPSA) is 29.9 Å². The average Bonchev–Trinajstić information content (AvgIpc) is 2.71. The lowest BCUT2D eigenvalue weighted by Crippen LogP contribution is -2.22. The molecule has 2 rings (SSSR count). The Hall–Kier alpha value is -1.68. The molecule has 1 unspecified atom stereocenters. The minimum absolute atomic E-state index is 0.0643. The van der Waals surface area contributed by atoms with Crippen LogP contribution in [-0.2, 0) is 7.05 Å². The maximum absolute atomic E-state index is 13.5. The minimum atomic E-state index is -0.205. The maximum atomic E-state index is 13.5. The van der Waals surface area contributed by atoms with Crippen LogP contribution in [0.1, 0.15) is 29.8 Å². The molecular formula is C14H18FN3. The molecule has 1 N–H and O–H groups in total. The van der Waals surface area contributed by atoms with Crippen LogP contribution < -0.4 is 5.32 Å². The highest BCUT2D eigenvalue weighted by molar-refractivity contribution is 5.31. The van der Waals surface area contributed by atoms with E-state index in [9.17, 15) is 4.39 Å². The molecule has 0 bridgehead atoms. The molecular weight excluding hydrogens is 229 g/mol. The largest absolute Gasteiger partial charge is 0.305 e. The van der Waals surface area contributed by atoms with Crippen molar-refractivity contribution in [3.05, 3.63) is 53.1 Å². The van der Waals surface area contributed by atoms with E-state index < -0.39 is 0 Å². The van der Waals surface area contributed by atoms with Crippen LogP contribution in [0.25, 0.3) is 0 Å². The van der Waals surface area contributed by atoms with Crippen LogP contribution in [0.15, 0.2) is 30.5 Å². The van der Waals surface area contributed by atoms with Crippen molar-refractivity contribution in [1.82, 2.24) is 15.1 Å². The monoisotopic (exact) mass is 247 g/mol. The van der Waals surface area contributed by atoms with Crippen LogP contribution >= 0.6 is 0 Å². The molecule has 0 fully saturated rings. The van der Waals surface area contributed by atoms with Crippen molar-refractivity contribution in [3.63, 3.8) is 0 Å². The summed E-state index contributed by atoms with van der Waals surface area (Å²) in [4.78, 5) is 0. The van der Waals surface area contributed by atoms with Crippen molar-refractivity contribution >= 4 is 0 Å². The fraction of sp³-hybridized carbons (Fsp3) is 0.357. The minimum Gasteiger partial charge on any atom is -0.305 e. The quantitative estimate of drug-likeness (QED) is 0.900. The smallest absolute Gasteiger partial charge is 0.123 e. The van der Waals surface area contributed by atoms with Crippen molar-refractivity contribution in [1.29, 1.82) is 0 Å². The number of halogens is 1. The van der Waals surface area contributed by atoms with E-state index in [1.165, 1.54) is 6.07 Å². The third-order valence-electron chi connectivity index (χ3n) is 2.84. The standard InChI is InChI=1S/C14H18FN3/c1-4-16-14(13-5-6-18(3)17-13)11-7-10(2)8-12(15)9-11/h5-9,14,16H,4H2,1-3H3. The van der Waals surface area contributed by atoms with E-state index in [1.54, 1.807) is 10.7 Å². The van der Waals surface area contributed by atoms with Gasteiger partial charge in [-0.05, 0) is 42.8 Å². The molecule has 0 aliphatic heterocycles. The van der Waals surface area contributed by atoms with Crippen LogP contribution in [0, 0.1) is 12.7 Å². The predicted molar refractivity (Wildman–Crippen MR) is 69.9 cm³/mol. The van der Waals surface area contributed by atoms with Crippen LogP contribution in [0.4, 0.5) is 4.39 Å². The first-order valence-corrected chi connectivity index (χ1v) is 6.10. The highest BCUT2D eigenvalue weighted by Crippen LogP contribution is 2.22. The molecule has 2 aromatic rings. The zero-order valence-electron chi connectivity index (χ0n) is 10.9. The molecule has 0 radical (unpaired) electrons. The van der Waals surface area contributed by atoms with Gasteiger partial charge in [0.1, 0.15) is 5.82 Å². The molecule has 0 amide bonds. The lowest BCUT2D eigenvalue weighted by Gasteiger charge is -2.17. The number of nitrogens with one attached hydrogen (secondary N) is 1. The summed E-state index contributed by atoms with van der Waals surface area (Å²) in [6.07, 6.45) is 1.89. The first-order valence-electron chi connectivity index (χ1n) is 6.10. The molecule has 1 heterocycles. The molecule has 0 spiro atoms. The Morgan fingerprint density at radius 2 is 2.17 bits per heavy atom. The second-order valence-electron chi connectivity index (χ2n) is 4.47. The highest BCUT2D eigenvalue weighted by Gasteiger charge is 2.16. The van der Waals surface area contributed by atoms with Gasteiger partial charge in [-0.25, -0.2) is 4.39 Å². The summed E-state index contributed by atoms with van der Waals surface area (Å²) in [5, 5.41) is 7.74. The van der Waals surface area contributed by atoms with Crippen molar-refractivity contribution in [2.45, 2.75) is 19.9 Å². The molecule has 1 atom stereocenters. The van der Waals surface area contributed by atoms with Gasteiger partial charge in [-0.2, -0.15) is 5.10 Å². The average molecular weight is 247 g/mol. The first kappa shape index (κ1) is 12.8. The summed E-state index contributed by atoms with van der Waals surface area (Å²) < 4.78 is 15.3. The molecule has 0 aliphatic rings. The molecule has 0 saturated heterocycles. The lowest BCUT2D eigenvalue weighted by molar-refractivity contribution is 0.585. The number of aromatic nitrogens is 2. The van der Waals surface area contributed by atoms with E-state index in [4.69, 9.17) is 0 Å². The number of rotatable bonds is 4. The van der Waals surface area contributed by atoms with Gasteiger partial charge >= 0.3 is 0 Å². The fourth-order valence-electron chi connectivity index (χ4n) is 2.12. The zero-order chi connectivity index (χ0) is 13.1. The van der Waals surface area contributed by atoms with Crippen molar-refractivity contribution < 1.29 is 4.39 Å². The molecule has 3 nitrogen and oxygen atoms in total. The van der Waals surface area contributed by atoms with E-state index in [2.05, 4.69) is 10.4 Å². The zero-order valence-corrected chi connectivity index (χ0v) is 10.9. The van der Waals surface area contributed by atoms with E-state index >= 15 is 0 Å². The Bertz CT molecular complexity index is 513. The van der Waals surface area contributed by atoms with Gasteiger partial charge < -0.3 is 5.32 Å². The van der Waals surface area contributed by atoms with Crippen LogP contribution in [0.3, 0.4) is 0 Å². The van der Waals surface area contributed by atoms with E-state index in [0.717, 1.165) is 23.4 Å². The van der Waals surface area contributed by atoms with E-state index in [-0.39, 0.29) is 11.9 Å². The Morgan fingerprint density at radius 1 is 1.39 bits per heavy atom. The SMILES string of the molecule is CCNC(c1cc(C)cc(F)c1)c1ccn(C)n1. The summed E-state index contributed by atoms with van der Waals surface area (Å²) >= 11 is 0. The molecule has 96 valence electrons. The van der Waals surface area contributed by atoms with Gasteiger partial charge in [-0.3, -0.25) is 4.68 Å². The molecule has 0 saturated carbocycles. The number of aryl methyl sites for hydroxylation is 2. The van der Waals surface area contributed by atoms with Crippen molar-refractivity contribution in [2.75, 3.05) is 6.54 Å². The molecule has 1 aromatic heterocycles. The molecule has 1 aromatic carbocycles. The van der Waals surface area contributed by atoms with Crippen molar-refractivity contribution in [2.24, 2.45) is 7.05 Å². The Kier molecular flexibility index (Phi) is 3.77. The summed E-state index contributed by atoms with van der Waals surface area (Å²) in [6, 6.07) is 6.98. The number of hydrogen-bond acceptors (Lipinski definition) is 2. The fourth-order valence-corrected chi connectivity index (χ4v) is 2.12. The van der Waals surface area contributed by atoms with Gasteiger partial charge in [0.05, 0.1) is 11.7 Å². The van der Waals surface area contributed by atoms with Gasteiger partial charge in [-0.15, -0.1) is 0 Å². The second kappa shape index (κ2) is 5.31. The van der Waals surface area contributed by atoms with Gasteiger partial charge in [0, 0.05) is 13.2 Å². The first-order chi connectivity index (χ1) is 8.60. The lowest BCUT2D eigenvalue weighted by atomic mass is 10.0. The Morgan fingerprint density at radius 3 is 2.72 bits per heavy atom. The Labute approximate surface area is 107 Å². The Balaban J connectivity index is 2.40. The molecule has 18 heavy (non-hydrogen) atoms. The molecule has 4 heteroatoms. The number of nitrogens with zero attached hydrogens (tertiary/aromatic N) is 2. The second-order valence-corrected chi connectivity index (χ2v) is 4.47. The summed E-state index contributed by atoms with van der Waals surface area (Å²) in [6.45, 7) is 4.73. The van der Waals surface area contributed by atoms with Gasteiger partial charge in [0.2, 0.25) is 0 Å². The third kappa shape index (κ3) is 2.76. The van der Waals surface area contributed by atoms with Crippen LogP contribution in [0.2, 0.25) is 0 Å². The summed E-state index contributed by atoms with van der Waals surface area (Å²) in [7, 11) is 1.88. The molecule has 0 aliphatic carbocycles. The van der Waals surface area contributed by atoms with E-state index in [0.29, 0.717) is 0 Å². The number of hydrogen-bond donors (Lipinski definition) is 1.